The number of sulfonamides is 1. The van der Waals surface area contributed by atoms with Crippen LogP contribution in [0.1, 0.15) is 19.4 Å². The summed E-state index contributed by atoms with van der Waals surface area (Å²) in [6.07, 6.45) is 0. The summed E-state index contributed by atoms with van der Waals surface area (Å²) in [5.74, 6) is 0.349. The molecule has 0 aliphatic rings. The second kappa shape index (κ2) is 8.99. The Bertz CT molecular complexity index is 1150. The maximum atomic E-state index is 12.4. The third kappa shape index (κ3) is 5.38. The van der Waals surface area contributed by atoms with E-state index in [2.05, 4.69) is 20.2 Å². The van der Waals surface area contributed by atoms with Crippen LogP contribution in [0.5, 0.6) is 0 Å². The molecule has 0 saturated carbocycles. The molecular weight excluding hydrogens is 430 g/mol. The Hall–Kier alpha value is -2.34. The first-order chi connectivity index (χ1) is 13.8. The predicted octanol–water partition coefficient (Wildman–Crippen LogP) is 2.67. The van der Waals surface area contributed by atoms with Crippen molar-refractivity contribution in [1.82, 2.24) is 24.8 Å². The van der Waals surface area contributed by atoms with Gasteiger partial charge in [0.2, 0.25) is 15.9 Å². The number of hydrogen-bond acceptors (Lipinski definition) is 6. The number of benzene rings is 1. The van der Waals surface area contributed by atoms with Gasteiger partial charge in [-0.3, -0.25) is 14.5 Å². The summed E-state index contributed by atoms with van der Waals surface area (Å²) in [4.78, 5) is 13.5. The van der Waals surface area contributed by atoms with Crippen LogP contribution in [0.2, 0.25) is 0 Å². The molecule has 1 amide bonds. The van der Waals surface area contributed by atoms with E-state index in [9.17, 15) is 13.2 Å². The van der Waals surface area contributed by atoms with Gasteiger partial charge in [0.15, 0.2) is 10.6 Å². The third-order valence-electron chi connectivity index (χ3n) is 3.89. The van der Waals surface area contributed by atoms with Crippen LogP contribution in [0.4, 0.5) is 0 Å². The van der Waals surface area contributed by atoms with Crippen LogP contribution in [0.15, 0.2) is 46.7 Å². The van der Waals surface area contributed by atoms with E-state index >= 15 is 0 Å². The summed E-state index contributed by atoms with van der Waals surface area (Å²) >= 11 is 6.74. The molecule has 0 saturated heterocycles. The van der Waals surface area contributed by atoms with Crippen LogP contribution in [-0.2, 0) is 27.9 Å². The largest absolute Gasteiger partial charge is 0.350 e. The monoisotopic (exact) mass is 451 g/mol. The lowest BCUT2D eigenvalue weighted by molar-refractivity contribution is -0.121. The maximum Gasteiger partial charge on any atom is 0.240 e. The number of nitrogens with one attached hydrogen (secondary N) is 3. The second-order valence-electron chi connectivity index (χ2n) is 6.62. The van der Waals surface area contributed by atoms with Crippen molar-refractivity contribution < 1.29 is 13.2 Å². The Morgan fingerprint density at radius 1 is 1.31 bits per heavy atom. The van der Waals surface area contributed by atoms with E-state index in [-0.39, 0.29) is 29.9 Å². The standard InChI is InChI=1S/C18H21N5O3S3/c1-12(2)22-29(25,26)14-6-3-5-13(9-14)10-19-16(24)11-23-17(20-21-18(23)27)15-7-4-8-28-15/h3-9,12,22H,10-11H2,1-2H3,(H,19,24)(H,21,27). The van der Waals surface area contributed by atoms with E-state index in [0.29, 0.717) is 16.2 Å². The van der Waals surface area contributed by atoms with Crippen LogP contribution in [-0.4, -0.2) is 35.1 Å². The SMILES string of the molecule is CC(C)NS(=O)(=O)c1cccc(CNC(=O)Cn2c(-c3cccs3)n[nH]c2=S)c1. The summed E-state index contributed by atoms with van der Waals surface area (Å²) in [5.41, 5.74) is 0.680. The van der Waals surface area contributed by atoms with Gasteiger partial charge in [0, 0.05) is 12.6 Å². The van der Waals surface area contributed by atoms with Crippen molar-refractivity contribution in [1.29, 1.82) is 0 Å². The highest BCUT2D eigenvalue weighted by molar-refractivity contribution is 7.89. The molecule has 0 aliphatic heterocycles. The van der Waals surface area contributed by atoms with E-state index in [1.54, 1.807) is 36.6 Å². The number of nitrogens with zero attached hydrogens (tertiary/aromatic N) is 2. The summed E-state index contributed by atoms with van der Waals surface area (Å²) in [6.45, 7) is 3.72. The Morgan fingerprint density at radius 2 is 2.10 bits per heavy atom. The number of thiophene rings is 1. The van der Waals surface area contributed by atoms with Crippen LogP contribution < -0.4 is 10.0 Å². The lowest BCUT2D eigenvalue weighted by Gasteiger charge is -2.11. The van der Waals surface area contributed by atoms with E-state index in [1.807, 2.05) is 17.5 Å². The van der Waals surface area contributed by atoms with E-state index in [0.717, 1.165) is 4.88 Å². The number of carbonyl (C=O) groups is 1. The smallest absolute Gasteiger partial charge is 0.240 e. The molecule has 3 rings (SSSR count). The highest BCUT2D eigenvalue weighted by Gasteiger charge is 2.16. The Balaban J connectivity index is 1.68. The first-order valence-electron chi connectivity index (χ1n) is 8.83. The molecular formula is C18H21N5O3S3. The molecule has 1 aromatic carbocycles. The Kier molecular flexibility index (Phi) is 6.63. The van der Waals surface area contributed by atoms with Gasteiger partial charge in [-0.05, 0) is 55.2 Å². The van der Waals surface area contributed by atoms with Crippen molar-refractivity contribution in [2.75, 3.05) is 0 Å². The Labute approximate surface area is 178 Å². The van der Waals surface area contributed by atoms with Crippen LogP contribution in [0, 0.1) is 4.77 Å². The van der Waals surface area contributed by atoms with Gasteiger partial charge in [0.25, 0.3) is 0 Å². The van der Waals surface area contributed by atoms with Crippen molar-refractivity contribution in [3.05, 3.63) is 52.1 Å². The van der Waals surface area contributed by atoms with Crippen LogP contribution in [0.3, 0.4) is 0 Å². The van der Waals surface area contributed by atoms with Crippen molar-refractivity contribution in [3.63, 3.8) is 0 Å². The van der Waals surface area contributed by atoms with Gasteiger partial charge in [-0.15, -0.1) is 11.3 Å². The molecule has 29 heavy (non-hydrogen) atoms. The lowest BCUT2D eigenvalue weighted by atomic mass is 10.2. The molecule has 0 fully saturated rings. The molecule has 0 aliphatic carbocycles. The lowest BCUT2D eigenvalue weighted by Crippen LogP contribution is -2.30. The average Bonchev–Trinajstić information content (AvgIpc) is 3.30. The minimum absolute atomic E-state index is 0.00939. The number of carbonyl (C=O) groups excluding carboxylic acids is 1. The molecule has 2 heterocycles. The fourth-order valence-corrected chi connectivity index (χ4v) is 4.90. The summed E-state index contributed by atoms with van der Waals surface area (Å²) < 4.78 is 29.1. The fourth-order valence-electron chi connectivity index (χ4n) is 2.66. The number of aromatic amines is 1. The fraction of sp³-hybridized carbons (Fsp3) is 0.278. The van der Waals surface area contributed by atoms with Gasteiger partial charge in [-0.2, -0.15) is 5.10 Å². The van der Waals surface area contributed by atoms with E-state index in [4.69, 9.17) is 12.2 Å². The normalized spacial score (nSPS) is 11.7. The van der Waals surface area contributed by atoms with Crippen LogP contribution >= 0.6 is 23.6 Å². The molecule has 3 aromatic rings. The first kappa shape index (κ1) is 21.4. The van der Waals surface area contributed by atoms with Crippen LogP contribution in [0.25, 0.3) is 10.7 Å². The average molecular weight is 452 g/mol. The number of hydrogen-bond donors (Lipinski definition) is 3. The molecule has 3 N–H and O–H groups in total. The molecule has 0 radical (unpaired) electrons. The molecule has 8 nitrogen and oxygen atoms in total. The number of aromatic nitrogens is 3. The third-order valence-corrected chi connectivity index (χ3v) is 6.72. The second-order valence-corrected chi connectivity index (χ2v) is 9.66. The molecule has 2 aromatic heterocycles. The summed E-state index contributed by atoms with van der Waals surface area (Å²) in [6, 6.07) is 10.1. The molecule has 0 bridgehead atoms. The first-order valence-corrected chi connectivity index (χ1v) is 11.6. The van der Waals surface area contributed by atoms with Gasteiger partial charge in [-0.1, -0.05) is 18.2 Å². The van der Waals surface area contributed by atoms with Gasteiger partial charge < -0.3 is 5.32 Å². The summed E-state index contributed by atoms with van der Waals surface area (Å²) in [5, 5.41) is 11.6. The number of rotatable bonds is 8. The van der Waals surface area contributed by atoms with Gasteiger partial charge in [0.05, 0.1) is 9.77 Å². The van der Waals surface area contributed by atoms with Gasteiger partial charge in [0.1, 0.15) is 6.54 Å². The highest BCUT2D eigenvalue weighted by Crippen LogP contribution is 2.22. The van der Waals surface area contributed by atoms with Gasteiger partial charge in [-0.25, -0.2) is 13.1 Å². The Morgan fingerprint density at radius 3 is 2.79 bits per heavy atom. The molecule has 0 unspecified atom stereocenters. The molecule has 11 heteroatoms. The quantitative estimate of drug-likeness (QED) is 0.456. The minimum atomic E-state index is -3.59. The summed E-state index contributed by atoms with van der Waals surface area (Å²) in [7, 11) is -3.59. The zero-order valence-electron chi connectivity index (χ0n) is 15.9. The topological polar surface area (TPSA) is 109 Å². The van der Waals surface area contributed by atoms with Crippen molar-refractivity contribution in [2.24, 2.45) is 0 Å². The number of H-pyrrole nitrogens is 1. The van der Waals surface area contributed by atoms with E-state index < -0.39 is 10.0 Å². The molecule has 0 atom stereocenters. The van der Waals surface area contributed by atoms with Crippen molar-refractivity contribution in [2.45, 2.75) is 37.9 Å². The van der Waals surface area contributed by atoms with Crippen molar-refractivity contribution in [3.8, 4) is 10.7 Å². The zero-order valence-corrected chi connectivity index (χ0v) is 18.3. The van der Waals surface area contributed by atoms with E-state index in [1.165, 1.54) is 17.4 Å². The zero-order chi connectivity index (χ0) is 21.0. The minimum Gasteiger partial charge on any atom is -0.350 e. The van der Waals surface area contributed by atoms with Gasteiger partial charge >= 0.3 is 0 Å². The van der Waals surface area contributed by atoms with Crippen molar-refractivity contribution >= 4 is 39.5 Å². The number of amides is 1. The molecule has 0 spiro atoms. The highest BCUT2D eigenvalue weighted by atomic mass is 32.2. The molecule has 154 valence electrons. The maximum absolute atomic E-state index is 12.4. The predicted molar refractivity (Wildman–Crippen MR) is 114 cm³/mol.